The third-order valence-corrected chi connectivity index (χ3v) is 3.93. The number of ether oxygens (including phenoxy) is 1. The molecule has 0 radical (unpaired) electrons. The van der Waals surface area contributed by atoms with Crippen LogP contribution in [0, 0.1) is 6.92 Å². The lowest BCUT2D eigenvalue weighted by Gasteiger charge is -2.11. The first-order valence-corrected chi connectivity index (χ1v) is 7.52. The fourth-order valence-electron chi connectivity index (χ4n) is 1.76. The van der Waals surface area contributed by atoms with E-state index in [9.17, 15) is 0 Å². The van der Waals surface area contributed by atoms with Gasteiger partial charge in [0.2, 0.25) is 0 Å². The Kier molecular flexibility index (Phi) is 5.02. The fourth-order valence-corrected chi connectivity index (χ4v) is 2.61. The Morgan fingerprint density at radius 3 is 2.65 bits per heavy atom. The zero-order chi connectivity index (χ0) is 14.7. The van der Waals surface area contributed by atoms with Gasteiger partial charge in [-0.3, -0.25) is 0 Å². The highest BCUT2D eigenvalue weighted by Gasteiger charge is 2.06. The van der Waals surface area contributed by atoms with Crippen LogP contribution < -0.4 is 10.5 Å². The molecule has 104 valence electrons. The molecule has 0 aliphatic rings. The largest absolute Gasteiger partial charge is 0.487 e. The van der Waals surface area contributed by atoms with Gasteiger partial charge in [0.25, 0.3) is 0 Å². The average molecular weight is 371 g/mol. The summed E-state index contributed by atoms with van der Waals surface area (Å²) in [6.45, 7) is 2.45. The first kappa shape index (κ1) is 15.3. The lowest BCUT2D eigenvalue weighted by molar-refractivity contribution is 0.305. The molecular formula is C15H13BrClNOS. The molecule has 0 saturated heterocycles. The minimum Gasteiger partial charge on any atom is -0.487 e. The van der Waals surface area contributed by atoms with Crippen molar-refractivity contribution in [3.05, 3.63) is 62.6 Å². The van der Waals surface area contributed by atoms with Crippen molar-refractivity contribution in [2.75, 3.05) is 0 Å². The van der Waals surface area contributed by atoms with Crippen LogP contribution in [0.1, 0.15) is 16.7 Å². The SMILES string of the molecule is Cc1cc(C(N)=S)ccc1COc1ccc(Br)cc1Cl. The number of hydrogen-bond donors (Lipinski definition) is 1. The number of hydrogen-bond acceptors (Lipinski definition) is 2. The molecule has 2 N–H and O–H groups in total. The van der Waals surface area contributed by atoms with Gasteiger partial charge in [0, 0.05) is 10.0 Å². The molecule has 0 heterocycles. The Balaban J connectivity index is 2.13. The number of benzene rings is 2. The Morgan fingerprint density at radius 1 is 1.30 bits per heavy atom. The molecule has 0 fully saturated rings. The van der Waals surface area contributed by atoms with Crippen molar-refractivity contribution in [1.29, 1.82) is 0 Å². The van der Waals surface area contributed by atoms with Gasteiger partial charge < -0.3 is 10.5 Å². The van der Waals surface area contributed by atoms with Crippen LogP contribution in [0.3, 0.4) is 0 Å². The van der Waals surface area contributed by atoms with Crippen LogP contribution in [0.15, 0.2) is 40.9 Å². The van der Waals surface area contributed by atoms with Crippen LogP contribution in [0.5, 0.6) is 5.75 Å². The van der Waals surface area contributed by atoms with E-state index in [2.05, 4.69) is 15.9 Å². The summed E-state index contributed by atoms with van der Waals surface area (Å²) in [5, 5.41) is 0.580. The van der Waals surface area contributed by atoms with Crippen LogP contribution in [0.25, 0.3) is 0 Å². The second-order valence-electron chi connectivity index (χ2n) is 4.37. The van der Waals surface area contributed by atoms with Crippen LogP contribution in [0.2, 0.25) is 5.02 Å². The summed E-state index contributed by atoms with van der Waals surface area (Å²) in [4.78, 5) is 0.400. The van der Waals surface area contributed by atoms with Crippen LogP contribution >= 0.6 is 39.7 Å². The van der Waals surface area contributed by atoms with Gasteiger partial charge in [-0.05, 0) is 42.3 Å². The highest BCUT2D eigenvalue weighted by atomic mass is 79.9. The van der Waals surface area contributed by atoms with E-state index >= 15 is 0 Å². The van der Waals surface area contributed by atoms with Crippen molar-refractivity contribution in [3.8, 4) is 5.75 Å². The first-order valence-electron chi connectivity index (χ1n) is 5.94. The first-order chi connectivity index (χ1) is 9.47. The smallest absolute Gasteiger partial charge is 0.138 e. The fraction of sp³-hybridized carbons (Fsp3) is 0.133. The lowest BCUT2D eigenvalue weighted by Crippen LogP contribution is -2.10. The summed E-state index contributed by atoms with van der Waals surface area (Å²) in [6, 6.07) is 11.4. The molecule has 0 aromatic heterocycles. The molecular weight excluding hydrogens is 358 g/mol. The molecule has 0 spiro atoms. The van der Waals surface area contributed by atoms with Gasteiger partial charge in [0.05, 0.1) is 5.02 Å². The zero-order valence-corrected chi connectivity index (χ0v) is 14.0. The van der Waals surface area contributed by atoms with Gasteiger partial charge in [-0.15, -0.1) is 0 Å². The minimum atomic E-state index is 0.400. The maximum atomic E-state index is 6.11. The third-order valence-electron chi connectivity index (χ3n) is 2.90. The normalized spacial score (nSPS) is 10.3. The molecule has 0 unspecified atom stereocenters. The molecule has 0 aliphatic carbocycles. The van der Waals surface area contributed by atoms with Crippen molar-refractivity contribution < 1.29 is 4.74 Å². The summed E-state index contributed by atoms with van der Waals surface area (Å²) in [6.07, 6.45) is 0. The topological polar surface area (TPSA) is 35.2 Å². The highest BCUT2D eigenvalue weighted by Crippen LogP contribution is 2.28. The second-order valence-corrected chi connectivity index (χ2v) is 6.13. The summed E-state index contributed by atoms with van der Waals surface area (Å²) >= 11 is 14.4. The zero-order valence-electron chi connectivity index (χ0n) is 10.8. The molecule has 2 rings (SSSR count). The number of nitrogens with two attached hydrogens (primary N) is 1. The van der Waals surface area contributed by atoms with Crippen LogP contribution in [0.4, 0.5) is 0 Å². The second kappa shape index (κ2) is 6.57. The molecule has 2 aromatic rings. The van der Waals surface area contributed by atoms with Gasteiger partial charge in [-0.1, -0.05) is 51.9 Å². The minimum absolute atomic E-state index is 0.400. The monoisotopic (exact) mass is 369 g/mol. The highest BCUT2D eigenvalue weighted by molar-refractivity contribution is 9.10. The number of halogens is 2. The average Bonchev–Trinajstić information content (AvgIpc) is 2.38. The van der Waals surface area contributed by atoms with Gasteiger partial charge in [-0.2, -0.15) is 0 Å². The predicted octanol–water partition coefficient (Wildman–Crippen LogP) is 4.62. The Hall–Kier alpha value is -1.10. The van der Waals surface area contributed by atoms with Crippen molar-refractivity contribution >= 4 is 44.7 Å². The molecule has 5 heteroatoms. The van der Waals surface area contributed by atoms with E-state index in [1.54, 1.807) is 6.07 Å². The van der Waals surface area contributed by atoms with Gasteiger partial charge in [0.15, 0.2) is 0 Å². The van der Waals surface area contributed by atoms with E-state index < -0.39 is 0 Å². The van der Waals surface area contributed by atoms with Crippen molar-refractivity contribution in [2.45, 2.75) is 13.5 Å². The molecule has 0 amide bonds. The molecule has 0 saturated carbocycles. The van der Waals surface area contributed by atoms with E-state index in [1.165, 1.54) is 0 Å². The number of rotatable bonds is 4. The predicted molar refractivity (Wildman–Crippen MR) is 90.6 cm³/mol. The Bertz CT molecular complexity index is 660. The van der Waals surface area contributed by atoms with Crippen LogP contribution in [-0.2, 0) is 6.61 Å². The van der Waals surface area contributed by atoms with Crippen molar-refractivity contribution in [2.24, 2.45) is 5.73 Å². The number of aryl methyl sites for hydroxylation is 1. The summed E-state index contributed by atoms with van der Waals surface area (Å²) in [7, 11) is 0. The lowest BCUT2D eigenvalue weighted by atomic mass is 10.1. The van der Waals surface area contributed by atoms with Gasteiger partial charge in [0.1, 0.15) is 17.3 Å². The maximum Gasteiger partial charge on any atom is 0.138 e. The molecule has 0 atom stereocenters. The Morgan fingerprint density at radius 2 is 2.05 bits per heavy atom. The summed E-state index contributed by atoms with van der Waals surface area (Å²) in [5.74, 6) is 0.660. The van der Waals surface area contributed by atoms with E-state index in [4.69, 9.17) is 34.3 Å². The summed E-state index contributed by atoms with van der Waals surface area (Å²) < 4.78 is 6.67. The van der Waals surface area contributed by atoms with E-state index in [1.807, 2.05) is 37.3 Å². The summed E-state index contributed by atoms with van der Waals surface area (Å²) in [5.41, 5.74) is 8.63. The van der Waals surface area contributed by atoms with Gasteiger partial charge in [-0.25, -0.2) is 0 Å². The van der Waals surface area contributed by atoms with E-state index in [0.717, 1.165) is 21.2 Å². The standard InChI is InChI=1S/C15H13BrClNOS/c1-9-6-10(15(18)20)2-3-11(9)8-19-14-5-4-12(16)7-13(14)17/h2-7H,8H2,1H3,(H2,18,20). The van der Waals surface area contributed by atoms with Crippen molar-refractivity contribution in [3.63, 3.8) is 0 Å². The molecule has 0 aliphatic heterocycles. The third kappa shape index (κ3) is 3.72. The molecule has 2 nitrogen and oxygen atoms in total. The maximum absolute atomic E-state index is 6.11. The van der Waals surface area contributed by atoms with Crippen molar-refractivity contribution in [1.82, 2.24) is 0 Å². The quantitative estimate of drug-likeness (QED) is 0.797. The van der Waals surface area contributed by atoms with Crippen LogP contribution in [-0.4, -0.2) is 4.99 Å². The van der Waals surface area contributed by atoms with E-state index in [0.29, 0.717) is 22.4 Å². The number of thiocarbonyl (C=S) groups is 1. The van der Waals surface area contributed by atoms with Gasteiger partial charge >= 0.3 is 0 Å². The molecule has 20 heavy (non-hydrogen) atoms. The molecule has 0 bridgehead atoms. The van der Waals surface area contributed by atoms with E-state index in [-0.39, 0.29) is 0 Å². The molecule has 2 aromatic carbocycles. The Labute approximate surface area is 137 Å².